The monoisotopic (exact) mass is 1110 g/mol. The molecular formula is C34H28BClCuFN14O14S4. The van der Waals surface area contributed by atoms with Crippen LogP contribution in [-0.4, -0.2) is 115 Å². The summed E-state index contributed by atoms with van der Waals surface area (Å²) in [6, 6.07) is 17.3. The number of nitrogens with zero attached hydrogens (tertiary/aromatic N) is 10. The fourth-order valence-electron chi connectivity index (χ4n) is 5.16. The Bertz CT molecular complexity index is 3300. The molecule has 2 heterocycles. The maximum atomic E-state index is 14.7. The molecule has 70 heavy (non-hydrogen) atoms. The third kappa shape index (κ3) is 15.5. The van der Waals surface area contributed by atoms with Crippen molar-refractivity contribution >= 4 is 119 Å². The molecule has 2 aromatic heterocycles. The third-order valence-electron chi connectivity index (χ3n) is 8.21. The summed E-state index contributed by atoms with van der Waals surface area (Å²) in [6.07, 6.45) is 0.185. The van der Waals surface area contributed by atoms with Crippen molar-refractivity contribution in [2.24, 2.45) is 15.3 Å². The Morgan fingerprint density at radius 3 is 2.01 bits per heavy atom. The van der Waals surface area contributed by atoms with Crippen molar-refractivity contribution in [3.05, 3.63) is 113 Å². The van der Waals surface area contributed by atoms with Crippen LogP contribution in [0.25, 0.3) is 5.43 Å². The van der Waals surface area contributed by atoms with Crippen LogP contribution in [-0.2, 0) is 56.4 Å². The Morgan fingerprint density at radius 1 is 0.771 bits per heavy atom. The Hall–Kier alpha value is -6.60. The molecule has 0 fully saturated rings. The van der Waals surface area contributed by atoms with Gasteiger partial charge in [0.2, 0.25) is 29.1 Å². The van der Waals surface area contributed by atoms with Gasteiger partial charge in [-0.2, -0.15) is 57.2 Å². The first-order valence-corrected chi connectivity index (χ1v) is 24.6. The topological polar surface area (TPSA) is 427 Å². The fraction of sp³-hybridized carbons (Fsp3) is 0.0588. The third-order valence-corrected chi connectivity index (χ3v) is 12.3. The molecule has 370 valence electrons. The van der Waals surface area contributed by atoms with Gasteiger partial charge in [-0.3, -0.25) is 9.11 Å². The summed E-state index contributed by atoms with van der Waals surface area (Å²) in [6.45, 7) is -0.824. The first kappa shape index (κ1) is 54.3. The molecule has 0 amide bonds. The summed E-state index contributed by atoms with van der Waals surface area (Å²) in [5.74, 6) is -3.44. The van der Waals surface area contributed by atoms with Gasteiger partial charge in [-0.15, -0.1) is 10.7 Å². The number of azo groups is 1. The summed E-state index contributed by atoms with van der Waals surface area (Å²) in [7, 11) is -17.1. The minimum atomic E-state index is -5.04. The van der Waals surface area contributed by atoms with Gasteiger partial charge in [-0.05, 0) is 47.6 Å². The van der Waals surface area contributed by atoms with Gasteiger partial charge < -0.3 is 55.2 Å². The predicted octanol–water partition coefficient (Wildman–Crippen LogP) is 5.13. The molecule has 0 saturated carbocycles. The number of halogens is 2. The van der Waals surface area contributed by atoms with Crippen LogP contribution in [0, 0.1) is 6.08 Å². The van der Waals surface area contributed by atoms with Gasteiger partial charge in [0, 0.05) is 16.1 Å². The number of phenols is 1. The minimum absolute atomic E-state index is 0. The zero-order chi connectivity index (χ0) is 50.1. The van der Waals surface area contributed by atoms with Gasteiger partial charge in [-0.1, -0.05) is 54.2 Å². The second-order valence-electron chi connectivity index (χ2n) is 13.0. The Kier molecular flexibility index (Phi) is 17.8. The summed E-state index contributed by atoms with van der Waals surface area (Å²) in [5, 5.41) is 32.9. The van der Waals surface area contributed by atoms with E-state index in [1.807, 2.05) is 0 Å². The van der Waals surface area contributed by atoms with E-state index in [-0.39, 0.29) is 67.5 Å². The van der Waals surface area contributed by atoms with E-state index in [0.29, 0.717) is 6.07 Å². The molecule has 4 aromatic carbocycles. The molecule has 0 saturated heterocycles. The summed E-state index contributed by atoms with van der Waals surface area (Å²) in [5.41, 5.74) is 2.68. The van der Waals surface area contributed by atoms with Crippen molar-refractivity contribution in [2.75, 3.05) is 33.4 Å². The largest absolute Gasteiger partial charge is 2.00 e. The second kappa shape index (κ2) is 22.9. The molecular weight excluding hydrogens is 1090 g/mol. The van der Waals surface area contributed by atoms with Crippen molar-refractivity contribution in [1.29, 1.82) is 0 Å². The van der Waals surface area contributed by atoms with Gasteiger partial charge in [0.25, 0.3) is 10.1 Å². The maximum absolute atomic E-state index is 14.7. The van der Waals surface area contributed by atoms with Crippen LogP contribution in [0.4, 0.5) is 50.9 Å². The normalized spacial score (nSPS) is 12.4. The Balaban J connectivity index is 0.00000913. The van der Waals surface area contributed by atoms with Crippen LogP contribution < -0.4 is 21.1 Å². The van der Waals surface area contributed by atoms with E-state index in [4.69, 9.17) is 16.2 Å². The number of sulfone groups is 1. The minimum Gasteiger partial charge on any atom is -0.571 e. The van der Waals surface area contributed by atoms with Gasteiger partial charge in [0.15, 0.2) is 15.7 Å². The number of nitrogens with one attached hydrogen (secondary N) is 4. The molecule has 0 unspecified atom stereocenters. The smallest absolute Gasteiger partial charge is 0.571 e. The van der Waals surface area contributed by atoms with Crippen molar-refractivity contribution in [1.82, 2.24) is 29.9 Å². The first-order valence-electron chi connectivity index (χ1n) is 18.3. The molecule has 10 N–H and O–H groups in total. The van der Waals surface area contributed by atoms with Crippen molar-refractivity contribution in [3.8, 4) is 5.75 Å². The molecule has 0 aliphatic heterocycles. The SMILES string of the molecule is O=[C-]c1ccc(S(O)(O)O)cc1N=N/C(=N\[N-]c1cc(S(=O)(=O)O)cc(Nc2nc(F)nc(N[B]Nc3nc(Cl)nc(Nc4ccc(S(=O)(=O)CCOS(=O)(=O)O)cc4)n3)n2)c1O)c1ccccc1.[Cu+2]. The zero-order valence-electron chi connectivity index (χ0n) is 34.2. The van der Waals surface area contributed by atoms with Gasteiger partial charge in [0.05, 0.1) is 34.1 Å². The quantitative estimate of drug-likeness (QED) is 0.00692. The van der Waals surface area contributed by atoms with Crippen LogP contribution in [0.15, 0.2) is 115 Å². The molecule has 0 bridgehead atoms. The molecule has 0 aliphatic carbocycles. The molecule has 36 heteroatoms. The predicted molar refractivity (Wildman–Crippen MR) is 244 cm³/mol. The van der Waals surface area contributed by atoms with Crippen molar-refractivity contribution < 1.29 is 83.6 Å². The van der Waals surface area contributed by atoms with E-state index in [9.17, 15) is 57.8 Å². The van der Waals surface area contributed by atoms with E-state index in [1.54, 1.807) is 24.5 Å². The maximum Gasteiger partial charge on any atom is 2.00 e. The number of aromatic hydroxyl groups is 1. The summed E-state index contributed by atoms with van der Waals surface area (Å²) in [4.78, 5) is 32.9. The van der Waals surface area contributed by atoms with Crippen molar-refractivity contribution in [2.45, 2.75) is 14.7 Å². The number of rotatable bonds is 20. The van der Waals surface area contributed by atoms with Gasteiger partial charge in [-0.25, -0.2) is 17.7 Å². The molecule has 6 aromatic rings. The van der Waals surface area contributed by atoms with E-state index >= 15 is 0 Å². The van der Waals surface area contributed by atoms with E-state index in [2.05, 4.69) is 75.9 Å². The second-order valence-corrected chi connectivity index (χ2v) is 19.5. The van der Waals surface area contributed by atoms with E-state index in [1.165, 1.54) is 36.4 Å². The number of aromatic nitrogens is 6. The standard InChI is InChI=1S/C34H28BClFN14O14S4.Cu/c36-29-40-31(38-20-7-10-21(11-8-20)66(54,55)13-12-65-69(62,63)64)44-33(41-29)46-35-47-34-43-30(37)42-32(45-34)39-25-15-23(68(59,60)61)16-26(27(25)53)49-51-28(18-4-2-1-3-5-18)50-48-24-14-22(67(56,57)58)9-6-19(24)17-52;/h1-11,14-16H,12-13H2,(H10-,38,39,40,41,42,43,44,45,46,47,48,49,50,51,52,53,56,57,58,59,60,61,62,63,64);/q-2;+2. The van der Waals surface area contributed by atoms with E-state index < -0.39 is 98.5 Å². The summed E-state index contributed by atoms with van der Waals surface area (Å²) < 4.78 is 137. The molecule has 6 rings (SSSR count). The van der Waals surface area contributed by atoms with Crippen LogP contribution in [0.1, 0.15) is 11.1 Å². The molecule has 2 radical (unpaired) electrons. The number of carbonyl (C=O) groups excluding carboxylic acids is 1. The zero-order valence-corrected chi connectivity index (χ0v) is 39.1. The molecule has 0 aliphatic rings. The average Bonchev–Trinajstić information content (AvgIpc) is 3.26. The number of amidine groups is 1. The molecule has 28 nitrogen and oxygen atoms in total. The number of hydrogen-bond acceptors (Lipinski definition) is 24. The van der Waals surface area contributed by atoms with Crippen LogP contribution in [0.2, 0.25) is 5.28 Å². The number of benzene rings is 4. The van der Waals surface area contributed by atoms with Crippen molar-refractivity contribution in [3.63, 3.8) is 0 Å². The van der Waals surface area contributed by atoms with E-state index in [0.717, 1.165) is 31.8 Å². The average molecular weight is 1110 g/mol. The Morgan fingerprint density at radius 2 is 1.39 bits per heavy atom. The number of hydrogen-bond donors (Lipinski definition) is 10. The van der Waals surface area contributed by atoms with Gasteiger partial charge >= 0.3 is 41.1 Å². The fourth-order valence-corrected chi connectivity index (χ4v) is 7.85. The molecule has 0 spiro atoms. The van der Waals surface area contributed by atoms with Gasteiger partial charge in [0.1, 0.15) is 16.6 Å². The number of phenolic OH excluding ortho intramolecular Hbond substituents is 1. The molecule has 0 atom stereocenters. The Labute approximate surface area is 412 Å². The van der Waals surface area contributed by atoms with Crippen LogP contribution in [0.5, 0.6) is 5.75 Å². The summed E-state index contributed by atoms with van der Waals surface area (Å²) >= 11 is 6.04. The van der Waals surface area contributed by atoms with Crippen LogP contribution >= 0.6 is 22.5 Å². The van der Waals surface area contributed by atoms with Crippen LogP contribution in [0.3, 0.4) is 0 Å². The number of anilines is 6. The first-order chi connectivity index (χ1) is 32.5.